The van der Waals surface area contributed by atoms with Gasteiger partial charge in [0.1, 0.15) is 0 Å². The average Bonchev–Trinajstić information content (AvgIpc) is 3.16. The Labute approximate surface area is 111 Å². The Bertz CT molecular complexity index is 267. The third-order valence-electron chi connectivity index (χ3n) is 5.05. The normalized spacial score (nSPS) is 38.2. The molecule has 3 unspecified atom stereocenters. The number of nitrogens with one attached hydrogen (secondary N) is 1. The lowest BCUT2D eigenvalue weighted by Gasteiger charge is -2.32. The minimum absolute atomic E-state index is 0.458. The van der Waals surface area contributed by atoms with Crippen molar-refractivity contribution in [2.24, 2.45) is 5.92 Å². The van der Waals surface area contributed by atoms with Crippen LogP contribution in [0.1, 0.15) is 44.9 Å². The molecule has 3 atom stereocenters. The molecular weight excluding hydrogens is 224 g/mol. The maximum atomic E-state index is 5.62. The fraction of sp³-hybridized carbons (Fsp3) is 1.00. The van der Waals surface area contributed by atoms with Gasteiger partial charge in [0.05, 0.1) is 6.10 Å². The zero-order valence-electron chi connectivity index (χ0n) is 11.7. The predicted octanol–water partition coefficient (Wildman–Crippen LogP) is 2.02. The smallest absolute Gasteiger partial charge is 0.0724 e. The van der Waals surface area contributed by atoms with Crippen molar-refractivity contribution in [2.75, 3.05) is 26.7 Å². The molecule has 0 aromatic carbocycles. The first-order valence-corrected chi connectivity index (χ1v) is 7.87. The van der Waals surface area contributed by atoms with Gasteiger partial charge in [-0.25, -0.2) is 0 Å². The Morgan fingerprint density at radius 3 is 2.72 bits per heavy atom. The van der Waals surface area contributed by atoms with Gasteiger partial charge >= 0.3 is 0 Å². The second-order valence-corrected chi connectivity index (χ2v) is 6.45. The molecule has 2 saturated carbocycles. The van der Waals surface area contributed by atoms with Crippen molar-refractivity contribution >= 4 is 0 Å². The van der Waals surface area contributed by atoms with E-state index < -0.39 is 0 Å². The monoisotopic (exact) mass is 252 g/mol. The van der Waals surface area contributed by atoms with Crippen LogP contribution in [0, 0.1) is 5.92 Å². The zero-order valence-corrected chi connectivity index (χ0v) is 11.7. The molecule has 0 aromatic rings. The van der Waals surface area contributed by atoms with E-state index in [1.54, 1.807) is 0 Å². The summed E-state index contributed by atoms with van der Waals surface area (Å²) in [6, 6.07) is 1.56. The van der Waals surface area contributed by atoms with Crippen LogP contribution in [0.5, 0.6) is 0 Å². The third-order valence-corrected chi connectivity index (χ3v) is 5.05. The predicted molar refractivity (Wildman–Crippen MR) is 73.8 cm³/mol. The topological polar surface area (TPSA) is 24.5 Å². The van der Waals surface area contributed by atoms with Gasteiger partial charge in [-0.2, -0.15) is 0 Å². The molecule has 1 saturated heterocycles. The Balaban J connectivity index is 1.40. The highest BCUT2D eigenvalue weighted by molar-refractivity contribution is 4.91. The van der Waals surface area contributed by atoms with Crippen molar-refractivity contribution < 1.29 is 4.74 Å². The van der Waals surface area contributed by atoms with Gasteiger partial charge in [-0.1, -0.05) is 12.8 Å². The van der Waals surface area contributed by atoms with Gasteiger partial charge in [-0.3, -0.25) is 0 Å². The second kappa shape index (κ2) is 5.89. The fourth-order valence-electron chi connectivity index (χ4n) is 3.73. The Kier molecular flexibility index (Phi) is 4.22. The van der Waals surface area contributed by atoms with Crippen LogP contribution in [0.2, 0.25) is 0 Å². The number of hydrogen-bond donors (Lipinski definition) is 1. The van der Waals surface area contributed by atoms with Crippen LogP contribution in [0.25, 0.3) is 0 Å². The van der Waals surface area contributed by atoms with Gasteiger partial charge in [-0.05, 0) is 51.1 Å². The Morgan fingerprint density at radius 1 is 1.11 bits per heavy atom. The highest BCUT2D eigenvalue weighted by Crippen LogP contribution is 2.31. The van der Waals surface area contributed by atoms with E-state index in [4.69, 9.17) is 4.74 Å². The minimum atomic E-state index is 0.458. The molecule has 0 radical (unpaired) electrons. The maximum absolute atomic E-state index is 5.62. The largest absolute Gasteiger partial charge is 0.380 e. The molecule has 3 nitrogen and oxygen atoms in total. The lowest BCUT2D eigenvalue weighted by Crippen LogP contribution is -2.45. The first-order valence-electron chi connectivity index (χ1n) is 7.87. The van der Waals surface area contributed by atoms with E-state index in [1.807, 2.05) is 7.11 Å². The number of methoxy groups -OCH3 is 1. The summed E-state index contributed by atoms with van der Waals surface area (Å²) in [7, 11) is 1.87. The van der Waals surface area contributed by atoms with Crippen LogP contribution in [-0.2, 0) is 4.74 Å². The number of rotatable bonds is 5. The number of likely N-dealkylation sites (tertiary alicyclic amines) is 1. The second-order valence-electron chi connectivity index (χ2n) is 6.45. The molecule has 104 valence electrons. The molecule has 0 aromatic heterocycles. The number of nitrogens with zero attached hydrogens (tertiary/aromatic N) is 1. The van der Waals surface area contributed by atoms with E-state index in [2.05, 4.69) is 10.2 Å². The van der Waals surface area contributed by atoms with Crippen molar-refractivity contribution in [2.45, 2.75) is 63.1 Å². The zero-order chi connectivity index (χ0) is 12.4. The molecular formula is C15H28N2O. The summed E-state index contributed by atoms with van der Waals surface area (Å²) in [6.45, 7) is 3.88. The van der Waals surface area contributed by atoms with E-state index >= 15 is 0 Å². The number of ether oxygens (including phenoxy) is 1. The molecule has 3 rings (SSSR count). The minimum Gasteiger partial charge on any atom is -0.380 e. The molecule has 2 aliphatic carbocycles. The van der Waals surface area contributed by atoms with Crippen LogP contribution in [0.15, 0.2) is 0 Å². The van der Waals surface area contributed by atoms with Gasteiger partial charge in [-0.15, -0.1) is 0 Å². The molecule has 0 spiro atoms. The molecule has 3 aliphatic rings. The molecule has 1 heterocycles. The van der Waals surface area contributed by atoms with Crippen LogP contribution in [0.4, 0.5) is 0 Å². The van der Waals surface area contributed by atoms with Crippen LogP contribution < -0.4 is 5.32 Å². The van der Waals surface area contributed by atoms with Crippen LogP contribution in [0.3, 0.4) is 0 Å². The van der Waals surface area contributed by atoms with E-state index in [9.17, 15) is 0 Å². The van der Waals surface area contributed by atoms with E-state index in [0.717, 1.165) is 12.0 Å². The number of hydrogen-bond acceptors (Lipinski definition) is 3. The molecule has 3 fully saturated rings. The standard InChI is InChI=1S/C15H28N2O/c1-18-15-5-3-2-4-14(15)16-10-12-8-9-17(11-12)13-6-7-13/h12-16H,2-11H2,1H3. The Hall–Kier alpha value is -0.120. The summed E-state index contributed by atoms with van der Waals surface area (Å²) in [5, 5.41) is 3.79. The van der Waals surface area contributed by atoms with Crippen LogP contribution >= 0.6 is 0 Å². The third kappa shape index (κ3) is 3.06. The highest BCUT2D eigenvalue weighted by Gasteiger charge is 2.34. The SMILES string of the molecule is COC1CCCCC1NCC1CCN(C2CC2)C1. The highest BCUT2D eigenvalue weighted by atomic mass is 16.5. The fourth-order valence-corrected chi connectivity index (χ4v) is 3.73. The molecule has 0 bridgehead atoms. The summed E-state index contributed by atoms with van der Waals surface area (Å²) < 4.78 is 5.62. The van der Waals surface area contributed by atoms with Crippen molar-refractivity contribution in [3.05, 3.63) is 0 Å². The van der Waals surface area contributed by atoms with E-state index in [-0.39, 0.29) is 0 Å². The van der Waals surface area contributed by atoms with Crippen molar-refractivity contribution in [1.29, 1.82) is 0 Å². The van der Waals surface area contributed by atoms with E-state index in [0.29, 0.717) is 12.1 Å². The van der Waals surface area contributed by atoms with Gasteiger partial charge < -0.3 is 15.0 Å². The molecule has 18 heavy (non-hydrogen) atoms. The maximum Gasteiger partial charge on any atom is 0.0724 e. The first kappa shape index (κ1) is 12.9. The summed E-state index contributed by atoms with van der Waals surface area (Å²) >= 11 is 0. The van der Waals surface area contributed by atoms with Crippen LogP contribution in [-0.4, -0.2) is 49.8 Å². The van der Waals surface area contributed by atoms with Gasteiger partial charge in [0.15, 0.2) is 0 Å². The summed E-state index contributed by atoms with van der Waals surface area (Å²) in [5.74, 6) is 0.880. The molecule has 1 aliphatic heterocycles. The average molecular weight is 252 g/mol. The summed E-state index contributed by atoms with van der Waals surface area (Å²) in [4.78, 5) is 2.71. The molecule has 3 heteroatoms. The lowest BCUT2D eigenvalue weighted by atomic mass is 9.92. The van der Waals surface area contributed by atoms with Crippen molar-refractivity contribution in [3.8, 4) is 0 Å². The van der Waals surface area contributed by atoms with Gasteiger partial charge in [0.2, 0.25) is 0 Å². The molecule has 0 amide bonds. The lowest BCUT2D eigenvalue weighted by molar-refractivity contribution is 0.0406. The summed E-state index contributed by atoms with van der Waals surface area (Å²) in [5.41, 5.74) is 0. The quantitative estimate of drug-likeness (QED) is 0.810. The van der Waals surface area contributed by atoms with Gasteiger partial charge in [0, 0.05) is 25.7 Å². The van der Waals surface area contributed by atoms with Crippen molar-refractivity contribution in [1.82, 2.24) is 10.2 Å². The summed E-state index contributed by atoms with van der Waals surface area (Å²) in [6.07, 6.45) is 10.0. The van der Waals surface area contributed by atoms with Crippen molar-refractivity contribution in [3.63, 3.8) is 0 Å². The molecule has 1 N–H and O–H groups in total. The van der Waals surface area contributed by atoms with Gasteiger partial charge in [0.25, 0.3) is 0 Å². The first-order chi connectivity index (χ1) is 8.86. The Morgan fingerprint density at radius 2 is 1.94 bits per heavy atom. The van der Waals surface area contributed by atoms with E-state index in [1.165, 1.54) is 64.6 Å².